The Morgan fingerprint density at radius 3 is 2.86 bits per heavy atom. The normalized spacial score (nSPS) is 11.9. The molecule has 0 aliphatic carbocycles. The summed E-state index contributed by atoms with van der Waals surface area (Å²) in [5, 5.41) is 5.85. The Balaban J connectivity index is 1.56. The molecule has 22 heavy (non-hydrogen) atoms. The van der Waals surface area contributed by atoms with Gasteiger partial charge >= 0.3 is 0 Å². The highest BCUT2D eigenvalue weighted by Gasteiger charge is 2.14. The van der Waals surface area contributed by atoms with Crippen LogP contribution in [0, 0.1) is 0 Å². The molecular formula is C16H16N2O4. The molecule has 1 aliphatic rings. The summed E-state index contributed by atoms with van der Waals surface area (Å²) in [4.78, 5) is 12.0. The molecule has 114 valence electrons. The molecule has 2 aromatic carbocycles. The van der Waals surface area contributed by atoms with Gasteiger partial charge < -0.3 is 24.8 Å². The van der Waals surface area contributed by atoms with Crippen molar-refractivity contribution in [2.75, 3.05) is 31.1 Å². The number of anilines is 2. The number of hydrogen-bond donors (Lipinski definition) is 2. The van der Waals surface area contributed by atoms with Crippen molar-refractivity contribution >= 4 is 17.3 Å². The second-order valence-electron chi connectivity index (χ2n) is 4.70. The van der Waals surface area contributed by atoms with E-state index >= 15 is 0 Å². The molecule has 0 bridgehead atoms. The Morgan fingerprint density at radius 1 is 1.14 bits per heavy atom. The molecule has 0 saturated carbocycles. The Labute approximate surface area is 128 Å². The van der Waals surface area contributed by atoms with Gasteiger partial charge in [0.05, 0.1) is 13.7 Å². The summed E-state index contributed by atoms with van der Waals surface area (Å²) in [6, 6.07) is 12.7. The van der Waals surface area contributed by atoms with E-state index in [1.807, 2.05) is 24.3 Å². The first kappa shape index (κ1) is 14.1. The number of fused-ring (bicyclic) bond motifs is 1. The lowest BCUT2D eigenvalue weighted by Crippen LogP contribution is -2.21. The topological polar surface area (TPSA) is 68.8 Å². The van der Waals surface area contributed by atoms with Gasteiger partial charge in [0, 0.05) is 23.5 Å². The molecule has 0 atom stereocenters. The van der Waals surface area contributed by atoms with Gasteiger partial charge in [-0.15, -0.1) is 0 Å². The highest BCUT2D eigenvalue weighted by Crippen LogP contribution is 2.34. The van der Waals surface area contributed by atoms with Crippen molar-refractivity contribution in [1.82, 2.24) is 0 Å². The van der Waals surface area contributed by atoms with E-state index < -0.39 is 0 Å². The number of benzene rings is 2. The number of methoxy groups -OCH3 is 1. The minimum atomic E-state index is -0.151. The summed E-state index contributed by atoms with van der Waals surface area (Å²) in [6.07, 6.45) is 0. The fraction of sp³-hybridized carbons (Fsp3) is 0.188. The molecule has 1 heterocycles. The van der Waals surface area contributed by atoms with Gasteiger partial charge in [-0.25, -0.2) is 0 Å². The number of hydrogen-bond acceptors (Lipinski definition) is 5. The van der Waals surface area contributed by atoms with Crippen LogP contribution in [0.15, 0.2) is 42.5 Å². The Morgan fingerprint density at radius 2 is 2.00 bits per heavy atom. The van der Waals surface area contributed by atoms with Crippen molar-refractivity contribution in [3.05, 3.63) is 42.5 Å². The number of carbonyl (C=O) groups is 1. The molecule has 2 aromatic rings. The summed E-state index contributed by atoms with van der Waals surface area (Å²) in [6.45, 7) is 0.367. The summed E-state index contributed by atoms with van der Waals surface area (Å²) in [5.74, 6) is 1.91. The molecule has 0 radical (unpaired) electrons. The number of amides is 1. The molecule has 3 rings (SSSR count). The molecular weight excluding hydrogens is 284 g/mol. The minimum absolute atomic E-state index is 0.151. The first-order valence-electron chi connectivity index (χ1n) is 6.82. The van der Waals surface area contributed by atoms with Crippen LogP contribution in [0.3, 0.4) is 0 Å². The lowest BCUT2D eigenvalue weighted by Gasteiger charge is -2.09. The first-order valence-corrected chi connectivity index (χ1v) is 6.82. The Bertz CT molecular complexity index is 688. The minimum Gasteiger partial charge on any atom is -0.497 e. The van der Waals surface area contributed by atoms with Crippen LogP contribution in [0.5, 0.6) is 17.2 Å². The highest BCUT2D eigenvalue weighted by molar-refractivity contribution is 5.94. The first-order chi connectivity index (χ1) is 10.7. The SMILES string of the molecule is COc1cccc(NCC(=O)Nc2ccc3c(c2)OCO3)c1. The maximum Gasteiger partial charge on any atom is 0.243 e. The third-order valence-corrected chi connectivity index (χ3v) is 3.18. The molecule has 0 spiro atoms. The number of ether oxygens (including phenoxy) is 3. The van der Waals surface area contributed by atoms with Crippen LogP contribution in [-0.4, -0.2) is 26.4 Å². The third kappa shape index (κ3) is 3.22. The van der Waals surface area contributed by atoms with Gasteiger partial charge in [0.15, 0.2) is 11.5 Å². The van der Waals surface area contributed by atoms with Gasteiger partial charge in [-0.2, -0.15) is 0 Å². The van der Waals surface area contributed by atoms with Crippen molar-refractivity contribution in [2.45, 2.75) is 0 Å². The maximum atomic E-state index is 12.0. The standard InChI is InChI=1S/C16H16N2O4/c1-20-13-4-2-3-11(7-13)17-9-16(19)18-12-5-6-14-15(8-12)22-10-21-14/h2-8,17H,9-10H2,1H3,(H,18,19). The van der Waals surface area contributed by atoms with Crippen LogP contribution in [0.25, 0.3) is 0 Å². The molecule has 1 amide bonds. The van der Waals surface area contributed by atoms with Crippen molar-refractivity contribution < 1.29 is 19.0 Å². The molecule has 6 nitrogen and oxygen atoms in total. The van der Waals surface area contributed by atoms with E-state index in [4.69, 9.17) is 14.2 Å². The van der Waals surface area contributed by atoms with Gasteiger partial charge in [0.1, 0.15) is 5.75 Å². The summed E-state index contributed by atoms with van der Waals surface area (Å²) >= 11 is 0. The van der Waals surface area contributed by atoms with Crippen LogP contribution in [0.2, 0.25) is 0 Å². The third-order valence-electron chi connectivity index (χ3n) is 3.18. The molecule has 0 saturated heterocycles. The van der Waals surface area contributed by atoms with Crippen LogP contribution in [0.4, 0.5) is 11.4 Å². The van der Waals surface area contributed by atoms with Crippen molar-refractivity contribution in [3.63, 3.8) is 0 Å². The molecule has 0 fully saturated rings. The van der Waals surface area contributed by atoms with E-state index in [0.717, 1.165) is 11.4 Å². The fourth-order valence-corrected chi connectivity index (χ4v) is 2.09. The quantitative estimate of drug-likeness (QED) is 0.888. The maximum absolute atomic E-state index is 12.0. The zero-order valence-electron chi connectivity index (χ0n) is 12.1. The zero-order valence-corrected chi connectivity index (χ0v) is 12.1. The molecule has 0 aromatic heterocycles. The highest BCUT2D eigenvalue weighted by atomic mass is 16.7. The number of nitrogens with one attached hydrogen (secondary N) is 2. The van der Waals surface area contributed by atoms with E-state index in [-0.39, 0.29) is 19.2 Å². The van der Waals surface area contributed by atoms with E-state index in [0.29, 0.717) is 17.2 Å². The van der Waals surface area contributed by atoms with Crippen molar-refractivity contribution in [1.29, 1.82) is 0 Å². The largest absolute Gasteiger partial charge is 0.497 e. The second kappa shape index (κ2) is 6.26. The Hall–Kier alpha value is -2.89. The van der Waals surface area contributed by atoms with Crippen LogP contribution in [-0.2, 0) is 4.79 Å². The van der Waals surface area contributed by atoms with Gasteiger partial charge in [-0.3, -0.25) is 4.79 Å². The van der Waals surface area contributed by atoms with Crippen LogP contribution < -0.4 is 24.8 Å². The molecule has 0 unspecified atom stereocenters. The Kier molecular flexibility index (Phi) is 4.00. The van der Waals surface area contributed by atoms with Gasteiger partial charge in [0.2, 0.25) is 12.7 Å². The van der Waals surface area contributed by atoms with E-state index in [2.05, 4.69) is 10.6 Å². The van der Waals surface area contributed by atoms with Crippen molar-refractivity contribution in [3.8, 4) is 17.2 Å². The van der Waals surface area contributed by atoms with Crippen molar-refractivity contribution in [2.24, 2.45) is 0 Å². The predicted octanol–water partition coefficient (Wildman–Crippen LogP) is 2.47. The average Bonchev–Trinajstić information content (AvgIpc) is 3.01. The smallest absolute Gasteiger partial charge is 0.243 e. The summed E-state index contributed by atoms with van der Waals surface area (Å²) in [7, 11) is 1.60. The predicted molar refractivity (Wildman–Crippen MR) is 82.7 cm³/mol. The molecule has 6 heteroatoms. The number of carbonyl (C=O) groups excluding carboxylic acids is 1. The number of rotatable bonds is 5. The van der Waals surface area contributed by atoms with Gasteiger partial charge in [-0.1, -0.05) is 6.07 Å². The van der Waals surface area contributed by atoms with Gasteiger partial charge in [0.25, 0.3) is 0 Å². The zero-order chi connectivity index (χ0) is 15.4. The van der Waals surface area contributed by atoms with E-state index in [1.54, 1.807) is 25.3 Å². The average molecular weight is 300 g/mol. The van der Waals surface area contributed by atoms with E-state index in [9.17, 15) is 4.79 Å². The fourth-order valence-electron chi connectivity index (χ4n) is 2.09. The van der Waals surface area contributed by atoms with Gasteiger partial charge in [-0.05, 0) is 24.3 Å². The van der Waals surface area contributed by atoms with Crippen LogP contribution in [0.1, 0.15) is 0 Å². The lowest BCUT2D eigenvalue weighted by molar-refractivity contribution is -0.114. The van der Waals surface area contributed by atoms with Crippen LogP contribution >= 0.6 is 0 Å². The summed E-state index contributed by atoms with van der Waals surface area (Å²) in [5.41, 5.74) is 1.49. The second-order valence-corrected chi connectivity index (χ2v) is 4.70. The monoisotopic (exact) mass is 300 g/mol. The summed E-state index contributed by atoms with van der Waals surface area (Å²) < 4.78 is 15.6. The molecule has 1 aliphatic heterocycles. The lowest BCUT2D eigenvalue weighted by atomic mass is 10.2. The molecule has 2 N–H and O–H groups in total. The van der Waals surface area contributed by atoms with E-state index in [1.165, 1.54) is 0 Å².